The maximum Gasteiger partial charge on any atom is 0.264 e. The molecule has 4 aromatic carbocycles. The number of halogens is 2. The van der Waals surface area contributed by atoms with Crippen LogP contribution in [0.5, 0.6) is 0 Å². The van der Waals surface area contributed by atoms with Gasteiger partial charge >= 0.3 is 0 Å². The van der Waals surface area contributed by atoms with Crippen LogP contribution in [0.4, 0.5) is 10.1 Å². The maximum absolute atomic E-state index is 14.2. The van der Waals surface area contributed by atoms with Crippen molar-refractivity contribution >= 4 is 39.1 Å². The molecule has 0 aromatic heterocycles. The van der Waals surface area contributed by atoms with Gasteiger partial charge in [0.05, 0.1) is 10.6 Å². The minimum absolute atomic E-state index is 0.0431. The Hall–Kier alpha value is -4.21. The molecule has 0 bridgehead atoms. The summed E-state index contributed by atoms with van der Waals surface area (Å²) < 4.78 is 42.6. The van der Waals surface area contributed by atoms with Crippen LogP contribution < -0.4 is 9.62 Å². The standard InChI is InChI=1S/C32H31ClFN3O4S/c1-23-7-6-10-28(19-23)37(42(40,41)29-17-13-26(33)14-18-29)22-31(38)36(21-25-11-15-27(34)16-12-25)30(32(39)35-2)20-24-8-4-3-5-9-24/h3-19,30H,20-22H2,1-2H3,(H,35,39)/t30-/m0/s1. The average Bonchev–Trinajstić information content (AvgIpc) is 2.98. The Morgan fingerprint density at radius 3 is 2.17 bits per heavy atom. The molecule has 1 N–H and O–H groups in total. The number of hydrogen-bond donors (Lipinski definition) is 1. The molecule has 0 aliphatic heterocycles. The lowest BCUT2D eigenvalue weighted by Gasteiger charge is -2.33. The molecule has 0 spiro atoms. The normalized spacial score (nSPS) is 11.9. The second-order valence-electron chi connectivity index (χ2n) is 9.77. The quantitative estimate of drug-likeness (QED) is 0.248. The van der Waals surface area contributed by atoms with E-state index < -0.39 is 40.2 Å². The van der Waals surface area contributed by atoms with Crippen molar-refractivity contribution in [3.63, 3.8) is 0 Å². The van der Waals surface area contributed by atoms with Gasteiger partial charge in [0, 0.05) is 25.0 Å². The first-order valence-electron chi connectivity index (χ1n) is 13.2. The average molecular weight is 608 g/mol. The van der Waals surface area contributed by atoms with E-state index in [1.54, 1.807) is 18.2 Å². The topological polar surface area (TPSA) is 86.8 Å². The molecular weight excluding hydrogens is 577 g/mol. The highest BCUT2D eigenvalue weighted by atomic mass is 35.5. The van der Waals surface area contributed by atoms with Crippen LogP contribution in [0.25, 0.3) is 0 Å². The van der Waals surface area contributed by atoms with Gasteiger partial charge in [-0.1, -0.05) is 66.2 Å². The summed E-state index contributed by atoms with van der Waals surface area (Å²) in [5.74, 6) is -1.47. The largest absolute Gasteiger partial charge is 0.357 e. The van der Waals surface area contributed by atoms with Gasteiger partial charge in [0.25, 0.3) is 10.0 Å². The van der Waals surface area contributed by atoms with Gasteiger partial charge in [0.1, 0.15) is 18.4 Å². The van der Waals surface area contributed by atoms with Gasteiger partial charge < -0.3 is 10.2 Å². The van der Waals surface area contributed by atoms with E-state index in [1.807, 2.05) is 43.3 Å². The number of anilines is 1. The SMILES string of the molecule is CNC(=O)[C@H](Cc1ccccc1)N(Cc1ccc(F)cc1)C(=O)CN(c1cccc(C)c1)S(=O)(=O)c1ccc(Cl)cc1. The fourth-order valence-electron chi connectivity index (χ4n) is 4.55. The van der Waals surface area contributed by atoms with Gasteiger partial charge in [0.2, 0.25) is 11.8 Å². The van der Waals surface area contributed by atoms with E-state index in [0.29, 0.717) is 16.3 Å². The lowest BCUT2D eigenvalue weighted by atomic mass is 10.0. The highest BCUT2D eigenvalue weighted by Crippen LogP contribution is 2.26. The summed E-state index contributed by atoms with van der Waals surface area (Å²) in [6, 6.07) is 26.3. The Morgan fingerprint density at radius 1 is 0.881 bits per heavy atom. The number of sulfonamides is 1. The predicted molar refractivity (Wildman–Crippen MR) is 162 cm³/mol. The smallest absolute Gasteiger partial charge is 0.264 e. The predicted octanol–water partition coefficient (Wildman–Crippen LogP) is 5.37. The monoisotopic (exact) mass is 607 g/mol. The Morgan fingerprint density at radius 2 is 1.55 bits per heavy atom. The van der Waals surface area contributed by atoms with Crippen molar-refractivity contribution in [2.45, 2.75) is 30.8 Å². The third-order valence-corrected chi connectivity index (χ3v) is 8.79. The van der Waals surface area contributed by atoms with E-state index in [1.165, 1.54) is 60.5 Å². The zero-order chi connectivity index (χ0) is 30.3. The summed E-state index contributed by atoms with van der Waals surface area (Å²) in [6.45, 7) is 1.19. The third kappa shape index (κ3) is 7.54. The summed E-state index contributed by atoms with van der Waals surface area (Å²) in [7, 11) is -2.75. The minimum atomic E-state index is -4.23. The fraction of sp³-hybridized carbons (Fsp3) is 0.188. The van der Waals surface area contributed by atoms with Crippen molar-refractivity contribution in [2.24, 2.45) is 0 Å². The van der Waals surface area contributed by atoms with Crippen LogP contribution in [0.3, 0.4) is 0 Å². The third-order valence-electron chi connectivity index (χ3n) is 6.75. The van der Waals surface area contributed by atoms with E-state index in [2.05, 4.69) is 5.32 Å². The van der Waals surface area contributed by atoms with Crippen molar-refractivity contribution < 1.29 is 22.4 Å². The summed E-state index contributed by atoms with van der Waals surface area (Å²) >= 11 is 6.01. The van der Waals surface area contributed by atoms with Gasteiger partial charge in [0.15, 0.2) is 0 Å². The zero-order valence-electron chi connectivity index (χ0n) is 23.2. The number of carbonyl (C=O) groups excluding carboxylic acids is 2. The molecule has 0 unspecified atom stereocenters. The van der Waals surface area contributed by atoms with E-state index in [4.69, 9.17) is 11.6 Å². The van der Waals surface area contributed by atoms with Crippen molar-refractivity contribution in [3.8, 4) is 0 Å². The van der Waals surface area contributed by atoms with Crippen LogP contribution in [0.2, 0.25) is 5.02 Å². The first kappa shape index (κ1) is 30.7. The molecule has 0 radical (unpaired) electrons. The number of nitrogens with one attached hydrogen (secondary N) is 1. The van der Waals surface area contributed by atoms with Crippen LogP contribution >= 0.6 is 11.6 Å². The number of aryl methyl sites for hydroxylation is 1. The first-order chi connectivity index (χ1) is 20.1. The van der Waals surface area contributed by atoms with E-state index >= 15 is 0 Å². The Bertz CT molecular complexity index is 1630. The summed E-state index contributed by atoms with van der Waals surface area (Å²) in [5.41, 5.74) is 2.48. The van der Waals surface area contributed by atoms with Crippen LogP contribution in [0.1, 0.15) is 16.7 Å². The maximum atomic E-state index is 14.2. The lowest BCUT2D eigenvalue weighted by Crippen LogP contribution is -2.53. The summed E-state index contributed by atoms with van der Waals surface area (Å²) in [5, 5.41) is 3.00. The number of amides is 2. The van der Waals surface area contributed by atoms with Crippen LogP contribution in [0, 0.1) is 12.7 Å². The van der Waals surface area contributed by atoms with Gasteiger partial charge in [-0.15, -0.1) is 0 Å². The van der Waals surface area contributed by atoms with Crippen molar-refractivity contribution in [2.75, 3.05) is 17.9 Å². The number of carbonyl (C=O) groups is 2. The number of benzene rings is 4. The molecule has 4 rings (SSSR count). The molecule has 218 valence electrons. The second kappa shape index (κ2) is 13.6. The molecule has 1 atom stereocenters. The van der Waals surface area contributed by atoms with E-state index in [9.17, 15) is 22.4 Å². The Balaban J connectivity index is 1.78. The highest BCUT2D eigenvalue weighted by molar-refractivity contribution is 7.92. The molecule has 0 saturated carbocycles. The van der Waals surface area contributed by atoms with Gasteiger partial charge in [-0.2, -0.15) is 0 Å². The zero-order valence-corrected chi connectivity index (χ0v) is 24.8. The molecule has 7 nitrogen and oxygen atoms in total. The summed E-state index contributed by atoms with van der Waals surface area (Å²) in [6.07, 6.45) is 0.182. The molecule has 42 heavy (non-hydrogen) atoms. The molecule has 0 aliphatic carbocycles. The minimum Gasteiger partial charge on any atom is -0.357 e. The number of nitrogens with zero attached hydrogens (tertiary/aromatic N) is 2. The Kier molecular flexibility index (Phi) is 9.98. The fourth-order valence-corrected chi connectivity index (χ4v) is 6.08. The van der Waals surface area contributed by atoms with E-state index in [0.717, 1.165) is 15.4 Å². The van der Waals surface area contributed by atoms with Crippen LogP contribution in [-0.2, 0) is 32.6 Å². The number of hydrogen-bond acceptors (Lipinski definition) is 4. The molecule has 0 fully saturated rings. The molecule has 2 amide bonds. The Labute approximate surface area is 250 Å². The molecule has 10 heteroatoms. The molecule has 0 saturated heterocycles. The van der Waals surface area contributed by atoms with Gasteiger partial charge in [-0.3, -0.25) is 13.9 Å². The summed E-state index contributed by atoms with van der Waals surface area (Å²) in [4.78, 5) is 28.8. The van der Waals surface area contributed by atoms with Crippen LogP contribution in [-0.4, -0.2) is 44.8 Å². The van der Waals surface area contributed by atoms with Crippen LogP contribution in [0.15, 0.2) is 108 Å². The number of rotatable bonds is 11. The molecule has 0 aliphatic rings. The molecular formula is C32H31ClFN3O4S. The second-order valence-corrected chi connectivity index (χ2v) is 12.1. The lowest BCUT2D eigenvalue weighted by molar-refractivity contribution is -0.139. The van der Waals surface area contributed by atoms with Crippen molar-refractivity contribution in [1.29, 1.82) is 0 Å². The van der Waals surface area contributed by atoms with E-state index in [-0.39, 0.29) is 17.9 Å². The first-order valence-corrected chi connectivity index (χ1v) is 15.0. The molecule has 0 heterocycles. The number of likely N-dealkylation sites (N-methyl/N-ethyl adjacent to an activating group) is 1. The van der Waals surface area contributed by atoms with Crippen molar-refractivity contribution in [1.82, 2.24) is 10.2 Å². The van der Waals surface area contributed by atoms with Gasteiger partial charge in [-0.25, -0.2) is 12.8 Å². The highest BCUT2D eigenvalue weighted by Gasteiger charge is 2.34. The molecule has 4 aromatic rings. The van der Waals surface area contributed by atoms with Crippen molar-refractivity contribution in [3.05, 3.63) is 131 Å². The van der Waals surface area contributed by atoms with Gasteiger partial charge in [-0.05, 0) is 72.1 Å².